The topological polar surface area (TPSA) is 66.0 Å². The van der Waals surface area contributed by atoms with E-state index in [0.717, 1.165) is 16.9 Å². The Balaban J connectivity index is 2.08. The average molecular weight is 284 g/mol. The number of methoxy groups -OCH3 is 1. The van der Waals surface area contributed by atoms with Crippen molar-refractivity contribution in [3.63, 3.8) is 0 Å². The number of hydrogen-bond acceptors (Lipinski definition) is 4. The summed E-state index contributed by atoms with van der Waals surface area (Å²) in [6.07, 6.45) is 1.64. The minimum absolute atomic E-state index is 0.288. The molecule has 0 saturated heterocycles. The monoisotopic (exact) mass is 284 g/mol. The summed E-state index contributed by atoms with van der Waals surface area (Å²) in [6, 6.07) is 11.5. The Labute approximate surface area is 120 Å². The number of hydrogen-bond donors (Lipinski definition) is 1. The molecule has 1 aromatic carbocycles. The normalized spacial score (nSPS) is 10.6. The van der Waals surface area contributed by atoms with Crippen LogP contribution in [0.15, 0.2) is 48.7 Å². The molecule has 6 heteroatoms. The summed E-state index contributed by atoms with van der Waals surface area (Å²) in [5.74, 6) is 0.608. The maximum absolute atomic E-state index is 13.0. The smallest absolute Gasteiger partial charge is 0.213 e. The van der Waals surface area contributed by atoms with Crippen molar-refractivity contribution in [2.24, 2.45) is 0 Å². The first-order valence-electron chi connectivity index (χ1n) is 6.29. The largest absolute Gasteiger partial charge is 0.481 e. The van der Waals surface area contributed by atoms with Gasteiger partial charge in [0.15, 0.2) is 0 Å². The molecular weight excluding hydrogens is 271 g/mol. The standard InChI is InChI=1S/C15H13FN4O/c1-21-15-7-6-12(9-18-15)20-13(8-14(17)19-20)10-2-4-11(16)5-3-10/h2-9H,1H3,(H2,17,19). The van der Waals surface area contributed by atoms with Crippen LogP contribution in [0.25, 0.3) is 16.9 Å². The van der Waals surface area contributed by atoms with Crippen molar-refractivity contribution in [3.8, 4) is 22.8 Å². The van der Waals surface area contributed by atoms with Crippen LogP contribution in [0.3, 0.4) is 0 Å². The third-order valence-electron chi connectivity index (χ3n) is 3.04. The summed E-state index contributed by atoms with van der Waals surface area (Å²) in [5.41, 5.74) is 8.11. The highest BCUT2D eigenvalue weighted by molar-refractivity contribution is 5.65. The predicted molar refractivity (Wildman–Crippen MR) is 77.7 cm³/mol. The van der Waals surface area contributed by atoms with Gasteiger partial charge in [0.2, 0.25) is 5.88 Å². The van der Waals surface area contributed by atoms with Gasteiger partial charge in [-0.1, -0.05) is 0 Å². The number of nitrogens with two attached hydrogens (primary N) is 1. The molecule has 0 unspecified atom stereocenters. The second kappa shape index (κ2) is 5.24. The second-order valence-corrected chi connectivity index (χ2v) is 4.43. The number of rotatable bonds is 3. The zero-order chi connectivity index (χ0) is 14.8. The number of nitrogens with zero attached hydrogens (tertiary/aromatic N) is 3. The number of pyridine rings is 1. The SMILES string of the molecule is COc1ccc(-n2nc(N)cc2-c2ccc(F)cc2)cn1. The van der Waals surface area contributed by atoms with Crippen LogP contribution in [-0.2, 0) is 0 Å². The van der Waals surface area contributed by atoms with Gasteiger partial charge in [-0.25, -0.2) is 14.1 Å². The maximum Gasteiger partial charge on any atom is 0.213 e. The Hall–Kier alpha value is -2.89. The van der Waals surface area contributed by atoms with Crippen molar-refractivity contribution in [1.82, 2.24) is 14.8 Å². The number of benzene rings is 1. The number of ether oxygens (including phenoxy) is 1. The lowest BCUT2D eigenvalue weighted by Gasteiger charge is -2.07. The van der Waals surface area contributed by atoms with Crippen LogP contribution in [0.2, 0.25) is 0 Å². The maximum atomic E-state index is 13.0. The third kappa shape index (κ3) is 2.55. The quantitative estimate of drug-likeness (QED) is 0.803. The van der Waals surface area contributed by atoms with Crippen LogP contribution < -0.4 is 10.5 Å². The van der Waals surface area contributed by atoms with Crippen LogP contribution in [0, 0.1) is 5.82 Å². The summed E-state index contributed by atoms with van der Waals surface area (Å²) >= 11 is 0. The van der Waals surface area contributed by atoms with E-state index in [1.807, 2.05) is 6.07 Å². The fourth-order valence-corrected chi connectivity index (χ4v) is 2.04. The Morgan fingerprint density at radius 1 is 1.14 bits per heavy atom. The molecule has 3 rings (SSSR count). The van der Waals surface area contributed by atoms with Gasteiger partial charge in [-0.2, -0.15) is 5.10 Å². The van der Waals surface area contributed by atoms with Crippen molar-refractivity contribution < 1.29 is 9.13 Å². The molecule has 21 heavy (non-hydrogen) atoms. The van der Waals surface area contributed by atoms with E-state index in [4.69, 9.17) is 10.5 Å². The molecule has 0 radical (unpaired) electrons. The molecule has 0 spiro atoms. The Bertz CT molecular complexity index is 750. The molecule has 2 heterocycles. The van der Waals surface area contributed by atoms with E-state index in [1.54, 1.807) is 42.3 Å². The van der Waals surface area contributed by atoms with Crippen molar-refractivity contribution in [2.45, 2.75) is 0 Å². The van der Waals surface area contributed by atoms with Gasteiger partial charge < -0.3 is 10.5 Å². The van der Waals surface area contributed by atoms with Crippen LogP contribution in [-0.4, -0.2) is 21.9 Å². The van der Waals surface area contributed by atoms with Crippen LogP contribution in [0.4, 0.5) is 10.2 Å². The van der Waals surface area contributed by atoms with Gasteiger partial charge in [0.25, 0.3) is 0 Å². The molecular formula is C15H13FN4O. The minimum Gasteiger partial charge on any atom is -0.481 e. The van der Waals surface area contributed by atoms with Gasteiger partial charge in [0.05, 0.1) is 24.7 Å². The molecule has 0 fully saturated rings. The molecule has 2 aromatic heterocycles. The first-order valence-corrected chi connectivity index (χ1v) is 6.29. The third-order valence-corrected chi connectivity index (χ3v) is 3.04. The van der Waals surface area contributed by atoms with E-state index < -0.39 is 0 Å². The highest BCUT2D eigenvalue weighted by Crippen LogP contribution is 2.25. The zero-order valence-electron chi connectivity index (χ0n) is 11.3. The van der Waals surface area contributed by atoms with Crippen molar-refractivity contribution in [2.75, 3.05) is 12.8 Å². The number of nitrogen functional groups attached to an aromatic ring is 1. The summed E-state index contributed by atoms with van der Waals surface area (Å²) in [6.45, 7) is 0. The van der Waals surface area contributed by atoms with E-state index in [1.165, 1.54) is 12.1 Å². The van der Waals surface area contributed by atoms with Gasteiger partial charge in [0, 0.05) is 17.7 Å². The fourth-order valence-electron chi connectivity index (χ4n) is 2.04. The Morgan fingerprint density at radius 2 is 1.90 bits per heavy atom. The van der Waals surface area contributed by atoms with Gasteiger partial charge >= 0.3 is 0 Å². The number of halogens is 1. The molecule has 0 atom stereocenters. The minimum atomic E-state index is -0.288. The van der Waals surface area contributed by atoms with Crippen LogP contribution >= 0.6 is 0 Å². The molecule has 106 valence electrons. The molecule has 5 nitrogen and oxygen atoms in total. The Morgan fingerprint density at radius 3 is 2.52 bits per heavy atom. The second-order valence-electron chi connectivity index (χ2n) is 4.43. The van der Waals surface area contributed by atoms with Gasteiger partial charge in [-0.05, 0) is 30.3 Å². The highest BCUT2D eigenvalue weighted by atomic mass is 19.1. The average Bonchev–Trinajstić information content (AvgIpc) is 2.90. The van der Waals surface area contributed by atoms with Gasteiger partial charge in [-0.3, -0.25) is 0 Å². The van der Waals surface area contributed by atoms with Gasteiger partial charge in [-0.15, -0.1) is 0 Å². The zero-order valence-corrected chi connectivity index (χ0v) is 11.3. The van der Waals surface area contributed by atoms with E-state index in [0.29, 0.717) is 11.7 Å². The lowest BCUT2D eigenvalue weighted by atomic mass is 10.1. The lowest BCUT2D eigenvalue weighted by molar-refractivity contribution is 0.397. The fraction of sp³-hybridized carbons (Fsp3) is 0.0667. The van der Waals surface area contributed by atoms with Gasteiger partial charge in [0.1, 0.15) is 11.6 Å². The molecule has 0 aliphatic carbocycles. The van der Waals surface area contributed by atoms with Crippen LogP contribution in [0.1, 0.15) is 0 Å². The van der Waals surface area contributed by atoms with E-state index in [-0.39, 0.29) is 5.82 Å². The summed E-state index contributed by atoms with van der Waals surface area (Å²) in [7, 11) is 1.55. The molecule has 0 amide bonds. The van der Waals surface area contributed by atoms with Crippen molar-refractivity contribution in [1.29, 1.82) is 0 Å². The van der Waals surface area contributed by atoms with E-state index >= 15 is 0 Å². The first-order chi connectivity index (χ1) is 10.2. The molecule has 0 aliphatic rings. The van der Waals surface area contributed by atoms with Crippen LogP contribution in [0.5, 0.6) is 5.88 Å². The van der Waals surface area contributed by atoms with E-state index in [2.05, 4.69) is 10.1 Å². The molecule has 0 bridgehead atoms. The number of aromatic nitrogens is 3. The molecule has 2 N–H and O–H groups in total. The lowest BCUT2D eigenvalue weighted by Crippen LogP contribution is -2.01. The molecule has 0 aliphatic heterocycles. The number of anilines is 1. The first kappa shape index (κ1) is 13.1. The summed E-state index contributed by atoms with van der Waals surface area (Å²) in [5, 5.41) is 4.26. The van der Waals surface area contributed by atoms with Crippen molar-refractivity contribution >= 4 is 5.82 Å². The molecule has 0 saturated carbocycles. The summed E-state index contributed by atoms with van der Waals surface area (Å²) < 4.78 is 19.7. The highest BCUT2D eigenvalue weighted by Gasteiger charge is 2.11. The van der Waals surface area contributed by atoms with E-state index in [9.17, 15) is 4.39 Å². The van der Waals surface area contributed by atoms with Crippen molar-refractivity contribution in [3.05, 3.63) is 54.5 Å². The summed E-state index contributed by atoms with van der Waals surface area (Å²) in [4.78, 5) is 4.15. The Kier molecular flexibility index (Phi) is 3.27. The predicted octanol–water partition coefficient (Wildman–Crippen LogP) is 2.66. The molecule has 3 aromatic rings.